The van der Waals surface area contributed by atoms with Gasteiger partial charge in [0.05, 0.1) is 17.2 Å². The Kier molecular flexibility index (Phi) is 4.90. The van der Waals surface area contributed by atoms with Gasteiger partial charge in [0.15, 0.2) is 0 Å². The highest BCUT2D eigenvalue weighted by Gasteiger charge is 2.34. The molecular formula is C19H19NO3S. The Morgan fingerprint density at radius 1 is 0.958 bits per heavy atom. The zero-order chi connectivity index (χ0) is 17.1. The van der Waals surface area contributed by atoms with Gasteiger partial charge in [-0.1, -0.05) is 24.3 Å². The SMILES string of the molecule is CC(C)Oc1ccccc1SCCN1C(=O)c2ccccc2C1=O. The molecule has 24 heavy (non-hydrogen) atoms. The summed E-state index contributed by atoms with van der Waals surface area (Å²) in [7, 11) is 0. The molecule has 0 unspecified atom stereocenters. The maximum atomic E-state index is 12.3. The lowest BCUT2D eigenvalue weighted by Gasteiger charge is -2.16. The quantitative estimate of drug-likeness (QED) is 0.591. The summed E-state index contributed by atoms with van der Waals surface area (Å²) in [4.78, 5) is 27.0. The Morgan fingerprint density at radius 3 is 2.17 bits per heavy atom. The predicted octanol–water partition coefficient (Wildman–Crippen LogP) is 3.86. The molecule has 2 aromatic carbocycles. The minimum atomic E-state index is -0.206. The van der Waals surface area contributed by atoms with Gasteiger partial charge in [0, 0.05) is 17.2 Å². The summed E-state index contributed by atoms with van der Waals surface area (Å²) in [5, 5.41) is 0. The van der Waals surface area contributed by atoms with Crippen LogP contribution < -0.4 is 4.74 Å². The van der Waals surface area contributed by atoms with Gasteiger partial charge < -0.3 is 4.74 Å². The van der Waals surface area contributed by atoms with Gasteiger partial charge >= 0.3 is 0 Å². The number of carbonyl (C=O) groups is 2. The smallest absolute Gasteiger partial charge is 0.261 e. The molecule has 0 bridgehead atoms. The van der Waals surface area contributed by atoms with E-state index in [-0.39, 0.29) is 17.9 Å². The summed E-state index contributed by atoms with van der Waals surface area (Å²) in [5.41, 5.74) is 0.993. The van der Waals surface area contributed by atoms with Gasteiger partial charge in [-0.05, 0) is 38.1 Å². The molecule has 1 heterocycles. The maximum absolute atomic E-state index is 12.3. The fourth-order valence-corrected chi connectivity index (χ4v) is 3.54. The summed E-state index contributed by atoms with van der Waals surface area (Å²) < 4.78 is 5.79. The van der Waals surface area contributed by atoms with Gasteiger partial charge in [-0.2, -0.15) is 0 Å². The number of nitrogens with zero attached hydrogens (tertiary/aromatic N) is 1. The van der Waals surface area contributed by atoms with Crippen LogP contribution in [0.3, 0.4) is 0 Å². The molecule has 2 amide bonds. The summed E-state index contributed by atoms with van der Waals surface area (Å²) in [6, 6.07) is 14.8. The van der Waals surface area contributed by atoms with Gasteiger partial charge in [-0.3, -0.25) is 14.5 Å². The Labute approximate surface area is 145 Å². The van der Waals surface area contributed by atoms with Gasteiger partial charge in [0.25, 0.3) is 11.8 Å². The average molecular weight is 341 g/mol. The molecule has 5 heteroatoms. The maximum Gasteiger partial charge on any atom is 0.261 e. The highest BCUT2D eigenvalue weighted by Crippen LogP contribution is 2.30. The summed E-state index contributed by atoms with van der Waals surface area (Å²) in [5.74, 6) is 1.05. The van der Waals surface area contributed by atoms with Gasteiger partial charge in [0.1, 0.15) is 5.75 Å². The van der Waals surface area contributed by atoms with Crippen molar-refractivity contribution >= 4 is 23.6 Å². The van der Waals surface area contributed by atoms with Crippen LogP contribution in [0.15, 0.2) is 53.4 Å². The van der Waals surface area contributed by atoms with E-state index >= 15 is 0 Å². The van der Waals surface area contributed by atoms with Crippen LogP contribution in [0.25, 0.3) is 0 Å². The molecule has 0 N–H and O–H groups in total. The van der Waals surface area contributed by atoms with Crippen molar-refractivity contribution in [3.63, 3.8) is 0 Å². The van der Waals surface area contributed by atoms with Crippen molar-refractivity contribution in [2.75, 3.05) is 12.3 Å². The minimum Gasteiger partial charge on any atom is -0.490 e. The number of rotatable bonds is 6. The second-order valence-corrected chi connectivity index (χ2v) is 6.91. The first-order valence-corrected chi connectivity index (χ1v) is 8.90. The number of thioether (sulfide) groups is 1. The first-order valence-electron chi connectivity index (χ1n) is 7.91. The number of fused-ring (bicyclic) bond motifs is 1. The van der Waals surface area contributed by atoms with E-state index in [0.717, 1.165) is 10.6 Å². The molecule has 0 spiro atoms. The van der Waals surface area contributed by atoms with E-state index in [9.17, 15) is 9.59 Å². The molecule has 0 radical (unpaired) electrons. The van der Waals surface area contributed by atoms with Gasteiger partial charge in [-0.25, -0.2) is 0 Å². The van der Waals surface area contributed by atoms with E-state index in [0.29, 0.717) is 23.4 Å². The van der Waals surface area contributed by atoms with Crippen LogP contribution in [0.2, 0.25) is 0 Å². The third-order valence-electron chi connectivity index (χ3n) is 3.66. The fourth-order valence-electron chi connectivity index (χ4n) is 2.61. The molecule has 0 saturated carbocycles. The van der Waals surface area contributed by atoms with E-state index in [4.69, 9.17) is 4.74 Å². The van der Waals surface area contributed by atoms with E-state index in [1.54, 1.807) is 36.0 Å². The molecule has 0 saturated heterocycles. The minimum absolute atomic E-state index is 0.1000. The van der Waals surface area contributed by atoms with Crippen molar-refractivity contribution < 1.29 is 14.3 Å². The summed E-state index contributed by atoms with van der Waals surface area (Å²) >= 11 is 1.59. The Hall–Kier alpha value is -2.27. The van der Waals surface area contributed by atoms with E-state index in [1.807, 2.05) is 38.1 Å². The fraction of sp³-hybridized carbons (Fsp3) is 0.263. The van der Waals surface area contributed by atoms with E-state index < -0.39 is 0 Å². The van der Waals surface area contributed by atoms with E-state index in [1.165, 1.54) is 4.90 Å². The second kappa shape index (κ2) is 7.09. The van der Waals surface area contributed by atoms with Crippen LogP contribution in [0, 0.1) is 0 Å². The zero-order valence-corrected chi connectivity index (χ0v) is 14.5. The van der Waals surface area contributed by atoms with Crippen LogP contribution >= 0.6 is 11.8 Å². The Bertz CT molecular complexity index is 738. The summed E-state index contributed by atoms with van der Waals surface area (Å²) in [6.07, 6.45) is 0.1000. The van der Waals surface area contributed by atoms with Crippen LogP contribution in [0.1, 0.15) is 34.6 Å². The summed E-state index contributed by atoms with van der Waals surface area (Å²) in [6.45, 7) is 4.35. The van der Waals surface area contributed by atoms with Crippen molar-refractivity contribution in [2.45, 2.75) is 24.8 Å². The standard InChI is InChI=1S/C19H19NO3S/c1-13(2)23-16-9-5-6-10-17(16)24-12-11-20-18(21)14-7-3-4-8-15(14)19(20)22/h3-10,13H,11-12H2,1-2H3. The molecule has 0 atom stereocenters. The average Bonchev–Trinajstić information content (AvgIpc) is 2.81. The van der Waals surface area contributed by atoms with Crippen LogP contribution in [0.4, 0.5) is 0 Å². The molecule has 0 fully saturated rings. The largest absolute Gasteiger partial charge is 0.490 e. The molecule has 4 nitrogen and oxygen atoms in total. The highest BCUT2D eigenvalue weighted by atomic mass is 32.2. The van der Waals surface area contributed by atoms with Crippen LogP contribution in [0.5, 0.6) is 5.75 Å². The zero-order valence-electron chi connectivity index (χ0n) is 13.7. The van der Waals surface area contributed by atoms with Crippen LogP contribution in [-0.4, -0.2) is 35.1 Å². The van der Waals surface area contributed by atoms with Gasteiger partial charge in [0.2, 0.25) is 0 Å². The topological polar surface area (TPSA) is 46.6 Å². The van der Waals surface area contributed by atoms with Crippen molar-refractivity contribution in [3.8, 4) is 5.75 Å². The molecule has 2 aromatic rings. The molecule has 3 rings (SSSR count). The van der Waals surface area contributed by atoms with Crippen molar-refractivity contribution in [1.82, 2.24) is 4.90 Å². The lowest BCUT2D eigenvalue weighted by Crippen LogP contribution is -2.31. The lowest BCUT2D eigenvalue weighted by molar-refractivity contribution is 0.0664. The lowest BCUT2D eigenvalue weighted by atomic mass is 10.1. The third kappa shape index (κ3) is 3.31. The number of hydrogen-bond donors (Lipinski definition) is 0. The number of carbonyl (C=O) groups excluding carboxylic acids is 2. The molecule has 124 valence electrons. The number of hydrogen-bond acceptors (Lipinski definition) is 4. The number of amides is 2. The van der Waals surface area contributed by atoms with Crippen molar-refractivity contribution in [3.05, 3.63) is 59.7 Å². The first kappa shape index (κ1) is 16.6. The molecule has 0 aliphatic carbocycles. The Morgan fingerprint density at radius 2 is 1.54 bits per heavy atom. The third-order valence-corrected chi connectivity index (χ3v) is 4.70. The number of imide groups is 1. The van der Waals surface area contributed by atoms with E-state index in [2.05, 4.69) is 0 Å². The first-order chi connectivity index (χ1) is 11.6. The Balaban J connectivity index is 1.64. The molecule has 1 aliphatic rings. The number of ether oxygens (including phenoxy) is 1. The second-order valence-electron chi connectivity index (χ2n) is 5.77. The number of benzene rings is 2. The number of para-hydroxylation sites is 1. The molecule has 0 aromatic heterocycles. The highest BCUT2D eigenvalue weighted by molar-refractivity contribution is 7.99. The predicted molar refractivity (Wildman–Crippen MR) is 94.7 cm³/mol. The molecular weight excluding hydrogens is 322 g/mol. The van der Waals surface area contributed by atoms with Crippen molar-refractivity contribution in [2.24, 2.45) is 0 Å². The monoisotopic (exact) mass is 341 g/mol. The van der Waals surface area contributed by atoms with Gasteiger partial charge in [-0.15, -0.1) is 11.8 Å². The van der Waals surface area contributed by atoms with Crippen molar-refractivity contribution in [1.29, 1.82) is 0 Å². The molecule has 1 aliphatic heterocycles. The normalized spacial score (nSPS) is 13.5. The van der Waals surface area contributed by atoms with Crippen LogP contribution in [-0.2, 0) is 0 Å².